The number of rotatable bonds is 6. The lowest BCUT2D eigenvalue weighted by molar-refractivity contribution is -0.137. The van der Waals surface area contributed by atoms with E-state index in [1.54, 1.807) is 6.07 Å². The van der Waals surface area contributed by atoms with Crippen LogP contribution in [0.25, 0.3) is 0 Å². The Hall–Kier alpha value is -2.94. The standard InChI is InChI=1S/C18H14ClF4N3O2/c19-13-6-5-12(18(21,22)23)9-15(13)25-16(27)7-8-17(28)26-24-10-11-3-1-2-4-14(11)20/h1-6,9-10H,7-8H2,(H,25,27)(H,26,28)/b24-10+. The Bertz CT molecular complexity index is 901. The SMILES string of the molecule is O=C(CCC(=O)Nc1cc(C(F)(F)F)ccc1Cl)N/N=C/c1ccccc1F. The van der Waals surface area contributed by atoms with Gasteiger partial charge in [-0.25, -0.2) is 9.82 Å². The fraction of sp³-hybridized carbons (Fsp3) is 0.167. The molecular weight excluding hydrogens is 402 g/mol. The van der Waals surface area contributed by atoms with Crippen LogP contribution < -0.4 is 10.7 Å². The van der Waals surface area contributed by atoms with Crippen LogP contribution in [0.15, 0.2) is 47.6 Å². The highest BCUT2D eigenvalue weighted by Gasteiger charge is 2.31. The molecule has 2 N–H and O–H groups in total. The zero-order valence-electron chi connectivity index (χ0n) is 14.2. The number of anilines is 1. The van der Waals surface area contributed by atoms with Crippen molar-refractivity contribution < 1.29 is 27.2 Å². The fourth-order valence-electron chi connectivity index (χ4n) is 2.05. The number of nitrogens with one attached hydrogen (secondary N) is 2. The van der Waals surface area contributed by atoms with Gasteiger partial charge in [0.2, 0.25) is 11.8 Å². The minimum absolute atomic E-state index is 0.0692. The van der Waals surface area contributed by atoms with Gasteiger partial charge in [0.05, 0.1) is 22.5 Å². The average molecular weight is 416 g/mol. The predicted molar refractivity (Wildman–Crippen MR) is 96.5 cm³/mol. The molecular formula is C18H14ClF4N3O2. The molecule has 2 aromatic carbocycles. The summed E-state index contributed by atoms with van der Waals surface area (Å²) < 4.78 is 51.5. The van der Waals surface area contributed by atoms with E-state index < -0.39 is 29.4 Å². The summed E-state index contributed by atoms with van der Waals surface area (Å²) in [5.41, 5.74) is 1.12. The van der Waals surface area contributed by atoms with E-state index >= 15 is 0 Å². The maximum absolute atomic E-state index is 13.4. The first-order chi connectivity index (χ1) is 13.2. The van der Waals surface area contributed by atoms with Crippen LogP contribution in [0.1, 0.15) is 24.0 Å². The first-order valence-electron chi connectivity index (χ1n) is 7.90. The monoisotopic (exact) mass is 415 g/mol. The molecule has 0 saturated heterocycles. The summed E-state index contributed by atoms with van der Waals surface area (Å²) in [4.78, 5) is 23.5. The summed E-state index contributed by atoms with van der Waals surface area (Å²) in [6.45, 7) is 0. The molecule has 0 aliphatic heterocycles. The Balaban J connectivity index is 1.85. The van der Waals surface area contributed by atoms with Crippen molar-refractivity contribution in [3.05, 3.63) is 64.4 Å². The van der Waals surface area contributed by atoms with Crippen LogP contribution >= 0.6 is 11.6 Å². The van der Waals surface area contributed by atoms with E-state index in [0.717, 1.165) is 18.3 Å². The number of halogens is 5. The summed E-state index contributed by atoms with van der Waals surface area (Å²) in [7, 11) is 0. The van der Waals surface area contributed by atoms with E-state index in [9.17, 15) is 27.2 Å². The third kappa shape index (κ3) is 6.34. The van der Waals surface area contributed by atoms with Crippen molar-refractivity contribution in [3.8, 4) is 0 Å². The van der Waals surface area contributed by atoms with Gasteiger partial charge in [0.25, 0.3) is 0 Å². The zero-order chi connectivity index (χ0) is 20.7. The molecule has 0 spiro atoms. The van der Waals surface area contributed by atoms with Crippen LogP contribution in [-0.2, 0) is 15.8 Å². The minimum Gasteiger partial charge on any atom is -0.325 e. The molecule has 0 aromatic heterocycles. The van der Waals surface area contributed by atoms with Crippen molar-refractivity contribution in [2.45, 2.75) is 19.0 Å². The van der Waals surface area contributed by atoms with Crippen LogP contribution in [0.5, 0.6) is 0 Å². The predicted octanol–water partition coefficient (Wildman–Crippen LogP) is 4.37. The number of hydrazone groups is 1. The molecule has 2 aromatic rings. The Morgan fingerprint density at radius 2 is 1.75 bits per heavy atom. The molecule has 2 rings (SSSR count). The number of carbonyl (C=O) groups is 2. The summed E-state index contributed by atoms with van der Waals surface area (Å²) in [6, 6.07) is 8.29. The average Bonchev–Trinajstić information content (AvgIpc) is 2.62. The second-order valence-electron chi connectivity index (χ2n) is 5.56. The minimum atomic E-state index is -4.58. The molecule has 148 valence electrons. The van der Waals surface area contributed by atoms with E-state index in [1.165, 1.54) is 18.2 Å². The van der Waals surface area contributed by atoms with Gasteiger partial charge in [-0.05, 0) is 24.3 Å². The highest BCUT2D eigenvalue weighted by Crippen LogP contribution is 2.33. The summed E-state index contributed by atoms with van der Waals surface area (Å²) in [5.74, 6) is -1.84. The first-order valence-corrected chi connectivity index (χ1v) is 8.27. The van der Waals surface area contributed by atoms with Gasteiger partial charge in [-0.2, -0.15) is 18.3 Å². The molecule has 0 unspecified atom stereocenters. The lowest BCUT2D eigenvalue weighted by Crippen LogP contribution is -2.21. The molecule has 0 aliphatic rings. The molecule has 10 heteroatoms. The summed E-state index contributed by atoms with van der Waals surface area (Å²) in [6.07, 6.45) is -4.07. The number of hydrogen-bond acceptors (Lipinski definition) is 3. The summed E-state index contributed by atoms with van der Waals surface area (Å²) in [5, 5.41) is 5.73. The van der Waals surface area contributed by atoms with Crippen molar-refractivity contribution in [3.63, 3.8) is 0 Å². The Morgan fingerprint density at radius 3 is 2.43 bits per heavy atom. The Morgan fingerprint density at radius 1 is 1.07 bits per heavy atom. The van der Waals surface area contributed by atoms with Crippen LogP contribution in [-0.4, -0.2) is 18.0 Å². The molecule has 5 nitrogen and oxygen atoms in total. The molecule has 0 heterocycles. The molecule has 0 atom stereocenters. The van der Waals surface area contributed by atoms with Gasteiger partial charge in [-0.1, -0.05) is 29.8 Å². The maximum atomic E-state index is 13.4. The Labute approximate surface area is 162 Å². The fourth-order valence-corrected chi connectivity index (χ4v) is 2.21. The van der Waals surface area contributed by atoms with E-state index in [1.807, 2.05) is 0 Å². The van der Waals surface area contributed by atoms with Crippen molar-refractivity contribution in [1.82, 2.24) is 5.43 Å². The van der Waals surface area contributed by atoms with Gasteiger partial charge in [0, 0.05) is 18.4 Å². The van der Waals surface area contributed by atoms with Crippen molar-refractivity contribution in [2.75, 3.05) is 5.32 Å². The second-order valence-corrected chi connectivity index (χ2v) is 5.96. The Kier molecular flexibility index (Phi) is 7.11. The number of alkyl halides is 3. The van der Waals surface area contributed by atoms with Crippen molar-refractivity contribution >= 4 is 35.3 Å². The van der Waals surface area contributed by atoms with Gasteiger partial charge >= 0.3 is 6.18 Å². The molecule has 2 amide bonds. The topological polar surface area (TPSA) is 70.6 Å². The van der Waals surface area contributed by atoms with Gasteiger partial charge in [0.1, 0.15) is 5.82 Å². The normalized spacial score (nSPS) is 11.5. The summed E-state index contributed by atoms with van der Waals surface area (Å²) >= 11 is 5.78. The molecule has 28 heavy (non-hydrogen) atoms. The number of carbonyl (C=O) groups excluding carboxylic acids is 2. The third-order valence-corrected chi connectivity index (χ3v) is 3.77. The highest BCUT2D eigenvalue weighted by molar-refractivity contribution is 6.33. The lowest BCUT2D eigenvalue weighted by atomic mass is 10.2. The van der Waals surface area contributed by atoms with Gasteiger partial charge in [0.15, 0.2) is 0 Å². The van der Waals surface area contributed by atoms with Crippen LogP contribution in [0.3, 0.4) is 0 Å². The lowest BCUT2D eigenvalue weighted by Gasteiger charge is -2.11. The van der Waals surface area contributed by atoms with Crippen molar-refractivity contribution in [2.24, 2.45) is 5.10 Å². The quantitative estimate of drug-likeness (QED) is 0.418. The number of amides is 2. The van der Waals surface area contributed by atoms with Gasteiger partial charge in [-0.3, -0.25) is 9.59 Å². The maximum Gasteiger partial charge on any atom is 0.416 e. The molecule has 0 bridgehead atoms. The van der Waals surface area contributed by atoms with Gasteiger partial charge in [-0.15, -0.1) is 0 Å². The van der Waals surface area contributed by atoms with Crippen LogP contribution in [0.4, 0.5) is 23.2 Å². The molecule has 0 fully saturated rings. The number of benzene rings is 2. The van der Waals surface area contributed by atoms with E-state index in [4.69, 9.17) is 11.6 Å². The molecule has 0 saturated carbocycles. The smallest absolute Gasteiger partial charge is 0.325 e. The van der Waals surface area contributed by atoms with E-state index in [2.05, 4.69) is 15.8 Å². The largest absolute Gasteiger partial charge is 0.416 e. The highest BCUT2D eigenvalue weighted by atomic mass is 35.5. The second kappa shape index (κ2) is 9.32. The third-order valence-electron chi connectivity index (χ3n) is 3.45. The van der Waals surface area contributed by atoms with Crippen LogP contribution in [0, 0.1) is 5.82 Å². The zero-order valence-corrected chi connectivity index (χ0v) is 14.9. The molecule has 0 radical (unpaired) electrons. The van der Waals surface area contributed by atoms with Crippen molar-refractivity contribution in [1.29, 1.82) is 0 Å². The molecule has 0 aliphatic carbocycles. The van der Waals surface area contributed by atoms with Crippen LogP contribution in [0.2, 0.25) is 5.02 Å². The van der Waals surface area contributed by atoms with Gasteiger partial charge < -0.3 is 5.32 Å². The van der Waals surface area contributed by atoms with E-state index in [-0.39, 0.29) is 29.1 Å². The van der Waals surface area contributed by atoms with E-state index in [0.29, 0.717) is 6.07 Å². The number of nitrogens with zero attached hydrogens (tertiary/aromatic N) is 1. The first kappa shape index (κ1) is 21.4. The number of hydrogen-bond donors (Lipinski definition) is 2.